The van der Waals surface area contributed by atoms with Crippen LogP contribution in [0.3, 0.4) is 0 Å². The number of aromatic nitrogens is 2. The minimum atomic E-state index is 0.0821. The second-order valence-electron chi connectivity index (χ2n) is 8.16. The number of carbonyl (C=O) groups is 1. The van der Waals surface area contributed by atoms with Crippen LogP contribution in [0.2, 0.25) is 0 Å². The number of ether oxygens (including phenoxy) is 1. The maximum absolute atomic E-state index is 12.2. The first kappa shape index (κ1) is 22.5. The van der Waals surface area contributed by atoms with Crippen LogP contribution in [0.1, 0.15) is 24.8 Å². The normalized spacial score (nSPS) is 16.1. The van der Waals surface area contributed by atoms with E-state index in [1.807, 2.05) is 49.5 Å². The summed E-state index contributed by atoms with van der Waals surface area (Å²) < 4.78 is 5.88. The van der Waals surface area contributed by atoms with Crippen LogP contribution in [0.4, 0.5) is 23.0 Å². The molecule has 1 aromatic heterocycles. The summed E-state index contributed by atoms with van der Waals surface area (Å²) in [5, 5.41) is 9.67. The molecule has 2 aromatic carbocycles. The van der Waals surface area contributed by atoms with Crippen LogP contribution in [-0.2, 0) is 11.3 Å². The number of carbonyl (C=O) groups excluding carboxylic acids is 1. The molecule has 1 aliphatic heterocycles. The van der Waals surface area contributed by atoms with Crippen molar-refractivity contribution in [3.63, 3.8) is 0 Å². The first-order valence-electron chi connectivity index (χ1n) is 11.3. The van der Waals surface area contributed by atoms with E-state index in [2.05, 4.69) is 43.0 Å². The minimum Gasteiger partial charge on any atom is -0.494 e. The van der Waals surface area contributed by atoms with Crippen molar-refractivity contribution in [1.29, 1.82) is 0 Å². The van der Waals surface area contributed by atoms with Gasteiger partial charge in [-0.05, 0) is 49.7 Å². The number of nitrogens with one attached hydrogen (secondary N) is 3. The Labute approximate surface area is 194 Å². The van der Waals surface area contributed by atoms with Crippen molar-refractivity contribution >= 4 is 28.9 Å². The fourth-order valence-corrected chi connectivity index (χ4v) is 3.62. The summed E-state index contributed by atoms with van der Waals surface area (Å²) >= 11 is 0. The molecular formula is C25H30N6O2. The quantitative estimate of drug-likeness (QED) is 0.479. The van der Waals surface area contributed by atoms with E-state index in [-0.39, 0.29) is 5.91 Å². The zero-order valence-corrected chi connectivity index (χ0v) is 18.9. The molecule has 1 aliphatic rings. The molecular weight excluding hydrogens is 416 g/mol. The van der Waals surface area contributed by atoms with Gasteiger partial charge in [-0.25, -0.2) is 9.97 Å². The van der Waals surface area contributed by atoms with Crippen LogP contribution < -0.4 is 20.7 Å². The highest BCUT2D eigenvalue weighted by Crippen LogP contribution is 2.23. The average molecular weight is 447 g/mol. The standard InChI is InChI=1S/C25H30N6O2/c1-31-12-10-25(32)26-11-2-3-13-33-22-9-5-8-21(15-22)30-24-16-23(27-18-28-24)29-20-7-4-6-19(14-20)17-31/h4-9,14-16,18H,2-3,10-13,17H2,1H3,(H,26,32)(H2,27,28,29,30). The summed E-state index contributed by atoms with van der Waals surface area (Å²) in [6, 6.07) is 17.9. The number of hydrogen-bond donors (Lipinski definition) is 3. The first-order valence-corrected chi connectivity index (χ1v) is 11.3. The lowest BCUT2D eigenvalue weighted by molar-refractivity contribution is -0.121. The van der Waals surface area contributed by atoms with Crippen molar-refractivity contribution in [3.05, 3.63) is 66.5 Å². The molecule has 172 valence electrons. The van der Waals surface area contributed by atoms with E-state index in [9.17, 15) is 4.79 Å². The Morgan fingerprint density at radius 2 is 1.70 bits per heavy atom. The van der Waals surface area contributed by atoms with E-state index in [4.69, 9.17) is 4.74 Å². The van der Waals surface area contributed by atoms with Gasteiger partial charge >= 0.3 is 0 Å². The van der Waals surface area contributed by atoms with Crippen molar-refractivity contribution in [2.24, 2.45) is 0 Å². The summed E-state index contributed by atoms with van der Waals surface area (Å²) in [5.74, 6) is 2.26. The molecule has 0 atom stereocenters. The van der Waals surface area contributed by atoms with Gasteiger partial charge in [-0.15, -0.1) is 0 Å². The smallest absolute Gasteiger partial charge is 0.221 e. The highest BCUT2D eigenvalue weighted by Gasteiger charge is 2.07. The molecule has 1 amide bonds. The van der Waals surface area contributed by atoms with E-state index >= 15 is 0 Å². The van der Waals surface area contributed by atoms with Crippen molar-refractivity contribution in [2.75, 3.05) is 37.4 Å². The van der Waals surface area contributed by atoms with Gasteiger partial charge in [0.15, 0.2) is 0 Å². The number of fused-ring (bicyclic) bond motifs is 6. The van der Waals surface area contributed by atoms with E-state index < -0.39 is 0 Å². The molecule has 0 saturated carbocycles. The van der Waals surface area contributed by atoms with Crippen LogP contribution in [0.15, 0.2) is 60.9 Å². The molecule has 2 heterocycles. The highest BCUT2D eigenvalue weighted by molar-refractivity contribution is 5.76. The Morgan fingerprint density at radius 1 is 0.939 bits per heavy atom. The number of anilines is 4. The van der Waals surface area contributed by atoms with E-state index in [1.54, 1.807) is 0 Å². The molecule has 0 fully saturated rings. The number of nitrogens with zero attached hydrogens (tertiary/aromatic N) is 3. The molecule has 3 N–H and O–H groups in total. The SMILES string of the molecule is CN1CCC(=O)NCCCCOc2cccc(c2)Nc2cc(ncn2)Nc2cccc(c2)C1. The van der Waals surface area contributed by atoms with Gasteiger partial charge in [-0.2, -0.15) is 0 Å². The second-order valence-corrected chi connectivity index (χ2v) is 8.16. The number of rotatable bonds is 0. The molecule has 8 heteroatoms. The molecule has 0 spiro atoms. The Morgan fingerprint density at radius 3 is 2.52 bits per heavy atom. The maximum Gasteiger partial charge on any atom is 0.221 e. The predicted molar refractivity (Wildman–Crippen MR) is 130 cm³/mol. The Hall–Kier alpha value is -3.65. The first-order chi connectivity index (χ1) is 16.1. The molecule has 0 saturated heterocycles. The summed E-state index contributed by atoms with van der Waals surface area (Å²) in [5.41, 5.74) is 2.99. The van der Waals surface area contributed by atoms with Crippen LogP contribution in [0.5, 0.6) is 5.75 Å². The summed E-state index contributed by atoms with van der Waals surface area (Å²) in [4.78, 5) is 23.0. The van der Waals surface area contributed by atoms with E-state index in [0.717, 1.165) is 42.1 Å². The van der Waals surface area contributed by atoms with Gasteiger partial charge in [-0.3, -0.25) is 4.79 Å². The zero-order chi connectivity index (χ0) is 22.9. The lowest BCUT2D eigenvalue weighted by atomic mass is 10.2. The van der Waals surface area contributed by atoms with Crippen molar-refractivity contribution in [3.8, 4) is 5.75 Å². The largest absolute Gasteiger partial charge is 0.494 e. The number of hydrogen-bond acceptors (Lipinski definition) is 7. The molecule has 0 aliphatic carbocycles. The van der Waals surface area contributed by atoms with Crippen molar-refractivity contribution in [2.45, 2.75) is 25.8 Å². The van der Waals surface area contributed by atoms with E-state index in [1.165, 1.54) is 6.33 Å². The molecule has 4 rings (SSSR count). The lowest BCUT2D eigenvalue weighted by Crippen LogP contribution is -2.29. The van der Waals surface area contributed by atoms with Gasteiger partial charge in [0.05, 0.1) is 6.61 Å². The highest BCUT2D eigenvalue weighted by atomic mass is 16.5. The van der Waals surface area contributed by atoms with Crippen molar-refractivity contribution in [1.82, 2.24) is 20.2 Å². The zero-order valence-electron chi connectivity index (χ0n) is 18.9. The monoisotopic (exact) mass is 446 g/mol. The van der Waals surface area contributed by atoms with Gasteiger partial charge in [0, 0.05) is 49.6 Å². The van der Waals surface area contributed by atoms with Crippen LogP contribution in [0.25, 0.3) is 0 Å². The Balaban J connectivity index is 1.52. The second kappa shape index (κ2) is 11.3. The average Bonchev–Trinajstić information content (AvgIpc) is 2.80. The fraction of sp³-hybridized carbons (Fsp3) is 0.320. The molecule has 8 nitrogen and oxygen atoms in total. The third-order valence-corrected chi connectivity index (χ3v) is 5.31. The molecule has 33 heavy (non-hydrogen) atoms. The number of benzene rings is 2. The Kier molecular flexibility index (Phi) is 7.71. The van der Waals surface area contributed by atoms with Crippen molar-refractivity contribution < 1.29 is 9.53 Å². The molecule has 3 aromatic rings. The third-order valence-electron chi connectivity index (χ3n) is 5.31. The summed E-state index contributed by atoms with van der Waals surface area (Å²) in [7, 11) is 2.03. The lowest BCUT2D eigenvalue weighted by Gasteiger charge is -2.17. The van der Waals surface area contributed by atoms with E-state index in [0.29, 0.717) is 37.8 Å². The summed E-state index contributed by atoms with van der Waals surface area (Å²) in [6.45, 7) is 2.72. The van der Waals surface area contributed by atoms with Gasteiger partial charge < -0.3 is 25.6 Å². The Bertz CT molecular complexity index is 1070. The third kappa shape index (κ3) is 7.18. The topological polar surface area (TPSA) is 91.4 Å². The predicted octanol–water partition coefficient (Wildman–Crippen LogP) is 4.07. The maximum atomic E-state index is 12.2. The number of amides is 1. The molecule has 6 bridgehead atoms. The van der Waals surface area contributed by atoms with Gasteiger partial charge in [0.2, 0.25) is 5.91 Å². The van der Waals surface area contributed by atoms with Crippen LogP contribution in [0, 0.1) is 0 Å². The van der Waals surface area contributed by atoms with Crippen LogP contribution in [-0.4, -0.2) is 47.5 Å². The van der Waals surface area contributed by atoms with Gasteiger partial charge in [0.25, 0.3) is 0 Å². The van der Waals surface area contributed by atoms with Gasteiger partial charge in [0.1, 0.15) is 23.7 Å². The van der Waals surface area contributed by atoms with Gasteiger partial charge in [-0.1, -0.05) is 18.2 Å². The fourth-order valence-electron chi connectivity index (χ4n) is 3.62. The molecule has 0 radical (unpaired) electrons. The molecule has 0 unspecified atom stereocenters. The minimum absolute atomic E-state index is 0.0821. The van der Waals surface area contributed by atoms with Crippen LogP contribution >= 0.6 is 0 Å². The summed E-state index contributed by atoms with van der Waals surface area (Å²) in [6.07, 6.45) is 3.76.